The van der Waals surface area contributed by atoms with E-state index < -0.39 is 35.6 Å². The maximum absolute atomic E-state index is 14.5. The van der Waals surface area contributed by atoms with Gasteiger partial charge in [0.25, 0.3) is 5.91 Å². The topological polar surface area (TPSA) is 108 Å². The van der Waals surface area contributed by atoms with E-state index in [1.807, 2.05) is 50.2 Å². The van der Waals surface area contributed by atoms with Crippen molar-refractivity contribution >= 4 is 35.2 Å². The number of halogens is 1. The molecule has 4 unspecified atom stereocenters. The van der Waals surface area contributed by atoms with Crippen LogP contribution >= 0.6 is 11.6 Å². The highest BCUT2D eigenvalue weighted by molar-refractivity contribution is 6.34. The number of rotatable bonds is 9. The first-order valence-electron chi connectivity index (χ1n) is 14.0. The molecule has 0 aliphatic heterocycles. The Morgan fingerprint density at radius 2 is 1.67 bits per heavy atom. The van der Waals surface area contributed by atoms with E-state index in [1.54, 1.807) is 49.9 Å². The van der Waals surface area contributed by atoms with Gasteiger partial charge in [0, 0.05) is 12.5 Å². The Hall–Kier alpha value is -4.04. The highest BCUT2D eigenvalue weighted by Gasteiger charge is 2.48. The molecule has 0 bridgehead atoms. The number of alkyl carbamates (subject to hydrolysis) is 1. The minimum absolute atomic E-state index is 0.0334. The second kappa shape index (κ2) is 12.9. The number of nitrogens with one attached hydrogen (secondary N) is 2. The number of anilines is 1. The predicted molar refractivity (Wildman–Crippen MR) is 163 cm³/mol. The first-order valence-corrected chi connectivity index (χ1v) is 14.4. The summed E-state index contributed by atoms with van der Waals surface area (Å²) in [4.78, 5) is 43.2. The van der Waals surface area contributed by atoms with E-state index in [1.165, 1.54) is 12.1 Å². The van der Waals surface area contributed by atoms with E-state index in [-0.39, 0.29) is 24.1 Å². The van der Waals surface area contributed by atoms with Gasteiger partial charge in [-0.1, -0.05) is 73.1 Å². The third kappa shape index (κ3) is 7.82. The first kappa shape index (κ1) is 30.9. The summed E-state index contributed by atoms with van der Waals surface area (Å²) >= 11 is 6.45. The lowest BCUT2D eigenvalue weighted by molar-refractivity contribution is -0.141. The summed E-state index contributed by atoms with van der Waals surface area (Å²) in [6.07, 6.45) is 0.172. The molecule has 3 amide bonds. The Morgan fingerprint density at radius 1 is 1.02 bits per heavy atom. The average molecular weight is 592 g/mol. The van der Waals surface area contributed by atoms with Crippen LogP contribution in [-0.2, 0) is 20.7 Å². The fraction of sp³-hybridized carbons (Fsp3) is 0.364. The zero-order valence-electron chi connectivity index (χ0n) is 24.6. The molecule has 3 N–H and O–H groups in total. The maximum atomic E-state index is 14.5. The van der Waals surface area contributed by atoms with Gasteiger partial charge in [0.1, 0.15) is 23.4 Å². The van der Waals surface area contributed by atoms with Crippen LogP contribution in [-0.4, -0.2) is 45.6 Å². The number of aryl methyl sites for hydroxylation is 1. The summed E-state index contributed by atoms with van der Waals surface area (Å²) in [5, 5.41) is 16.1. The fourth-order valence-corrected chi connectivity index (χ4v) is 5.20. The Morgan fingerprint density at radius 3 is 2.24 bits per heavy atom. The molecule has 8 nitrogen and oxygen atoms in total. The molecule has 0 aromatic heterocycles. The molecule has 1 saturated carbocycles. The lowest BCUT2D eigenvalue weighted by Gasteiger charge is -2.35. The molecule has 3 aromatic rings. The minimum Gasteiger partial charge on any atom is -0.508 e. The number of ether oxygens (including phenoxy) is 1. The van der Waals surface area contributed by atoms with E-state index in [0.717, 1.165) is 11.1 Å². The van der Waals surface area contributed by atoms with Gasteiger partial charge in [-0.05, 0) is 74.9 Å². The highest BCUT2D eigenvalue weighted by Crippen LogP contribution is 2.41. The number of carbonyl (C=O) groups is 3. The van der Waals surface area contributed by atoms with Crippen LogP contribution in [0.15, 0.2) is 72.8 Å². The van der Waals surface area contributed by atoms with Crippen LogP contribution in [0.2, 0.25) is 5.02 Å². The SMILES string of the molecule is Cc1cccc(Cl)c1NC(=O)C(c1ccc(O)cc1)N(C(=O)C(Cc1ccccc1)NC(=O)OC(C)(C)C)C1CC1C. The van der Waals surface area contributed by atoms with Gasteiger partial charge in [-0.3, -0.25) is 9.59 Å². The predicted octanol–water partition coefficient (Wildman–Crippen LogP) is 6.41. The zero-order valence-corrected chi connectivity index (χ0v) is 25.3. The fourth-order valence-electron chi connectivity index (χ4n) is 4.93. The molecule has 1 aliphatic rings. The summed E-state index contributed by atoms with van der Waals surface area (Å²) in [6.45, 7) is 9.11. The molecule has 0 radical (unpaired) electrons. The van der Waals surface area contributed by atoms with Crippen molar-refractivity contribution in [3.8, 4) is 5.75 Å². The van der Waals surface area contributed by atoms with E-state index in [2.05, 4.69) is 10.6 Å². The maximum Gasteiger partial charge on any atom is 0.408 e. The van der Waals surface area contributed by atoms with E-state index in [4.69, 9.17) is 16.3 Å². The highest BCUT2D eigenvalue weighted by atomic mass is 35.5. The van der Waals surface area contributed by atoms with Gasteiger partial charge < -0.3 is 25.4 Å². The number of hydrogen-bond donors (Lipinski definition) is 3. The molecule has 1 aliphatic carbocycles. The van der Waals surface area contributed by atoms with Gasteiger partial charge in [-0.2, -0.15) is 0 Å². The van der Waals surface area contributed by atoms with Crippen LogP contribution in [0.1, 0.15) is 56.8 Å². The van der Waals surface area contributed by atoms with Crippen LogP contribution in [0.5, 0.6) is 5.75 Å². The van der Waals surface area contributed by atoms with E-state index in [9.17, 15) is 19.5 Å². The van der Waals surface area contributed by atoms with Crippen molar-refractivity contribution in [1.82, 2.24) is 10.2 Å². The molecule has 3 aromatic carbocycles. The van der Waals surface area contributed by atoms with Crippen LogP contribution < -0.4 is 10.6 Å². The normalized spacial score (nSPS) is 17.5. The monoisotopic (exact) mass is 591 g/mol. The summed E-state index contributed by atoms with van der Waals surface area (Å²) in [6, 6.07) is 18.6. The number of nitrogens with zero attached hydrogens (tertiary/aromatic N) is 1. The third-order valence-electron chi connectivity index (χ3n) is 7.16. The van der Waals surface area contributed by atoms with E-state index in [0.29, 0.717) is 22.7 Å². The number of phenolic OH excluding ortho intramolecular Hbond substituents is 1. The molecule has 0 spiro atoms. The number of hydrogen-bond acceptors (Lipinski definition) is 5. The van der Waals surface area contributed by atoms with Gasteiger partial charge in [0.15, 0.2) is 0 Å². The zero-order chi connectivity index (χ0) is 30.6. The largest absolute Gasteiger partial charge is 0.508 e. The molecule has 4 atom stereocenters. The average Bonchev–Trinajstić information content (AvgIpc) is 3.64. The Kier molecular flexibility index (Phi) is 9.46. The molecule has 4 rings (SSSR count). The second-order valence-corrected chi connectivity index (χ2v) is 12.2. The van der Waals surface area contributed by atoms with Crippen molar-refractivity contribution in [2.75, 3.05) is 5.32 Å². The molecule has 1 fully saturated rings. The van der Waals surface area contributed by atoms with E-state index >= 15 is 0 Å². The number of amides is 3. The van der Waals surface area contributed by atoms with Crippen LogP contribution in [0.3, 0.4) is 0 Å². The molecule has 42 heavy (non-hydrogen) atoms. The van der Waals surface area contributed by atoms with Crippen molar-refractivity contribution in [1.29, 1.82) is 0 Å². The lowest BCUT2D eigenvalue weighted by atomic mass is 9.99. The third-order valence-corrected chi connectivity index (χ3v) is 7.47. The summed E-state index contributed by atoms with van der Waals surface area (Å²) in [5.41, 5.74) is 1.81. The standard InChI is InChI=1S/C33H38ClN3O5/c1-20-10-9-13-25(34)28(20)36-30(39)29(23-14-16-24(38)17-15-23)37(27-18-21(27)2)31(40)26(19-22-11-7-6-8-12-22)35-32(41)42-33(3,4)5/h6-17,21,26-27,29,38H,18-19H2,1-5H3,(H,35,41)(H,36,39). The van der Waals surface area contributed by atoms with Crippen molar-refractivity contribution in [3.05, 3.63) is 94.5 Å². The van der Waals surface area contributed by atoms with Crippen LogP contribution in [0, 0.1) is 12.8 Å². The number of aromatic hydroxyl groups is 1. The number of carbonyl (C=O) groups excluding carboxylic acids is 3. The second-order valence-electron chi connectivity index (χ2n) is 11.8. The van der Waals surface area contributed by atoms with Gasteiger partial charge >= 0.3 is 6.09 Å². The minimum atomic E-state index is -1.07. The smallest absolute Gasteiger partial charge is 0.408 e. The number of phenols is 1. The summed E-state index contributed by atoms with van der Waals surface area (Å²) in [5.74, 6) is -0.698. The summed E-state index contributed by atoms with van der Waals surface area (Å²) < 4.78 is 5.50. The summed E-state index contributed by atoms with van der Waals surface area (Å²) in [7, 11) is 0. The van der Waals surface area contributed by atoms with Crippen molar-refractivity contribution in [2.45, 2.75) is 71.2 Å². The first-order chi connectivity index (χ1) is 19.8. The van der Waals surface area contributed by atoms with Gasteiger partial charge in [-0.15, -0.1) is 0 Å². The molecular weight excluding hydrogens is 554 g/mol. The molecular formula is C33H38ClN3O5. The quantitative estimate of drug-likeness (QED) is 0.267. The Labute approximate surface area is 252 Å². The van der Waals surface area contributed by atoms with Crippen molar-refractivity contribution in [2.24, 2.45) is 5.92 Å². The van der Waals surface area contributed by atoms with Gasteiger partial charge in [-0.25, -0.2) is 4.79 Å². The Balaban J connectivity index is 1.76. The molecule has 9 heteroatoms. The number of benzene rings is 3. The van der Waals surface area contributed by atoms with Crippen molar-refractivity contribution in [3.63, 3.8) is 0 Å². The lowest BCUT2D eigenvalue weighted by Crippen LogP contribution is -2.54. The Bertz CT molecular complexity index is 1400. The molecule has 222 valence electrons. The van der Waals surface area contributed by atoms with Crippen molar-refractivity contribution < 1.29 is 24.2 Å². The van der Waals surface area contributed by atoms with Crippen LogP contribution in [0.25, 0.3) is 0 Å². The molecule has 0 heterocycles. The van der Waals surface area contributed by atoms with Crippen LogP contribution in [0.4, 0.5) is 10.5 Å². The van der Waals surface area contributed by atoms with Gasteiger partial charge in [0.2, 0.25) is 5.91 Å². The number of para-hydroxylation sites is 1. The van der Waals surface area contributed by atoms with Gasteiger partial charge in [0.05, 0.1) is 10.7 Å². The molecule has 0 saturated heterocycles.